The number of thiophene rings is 1. The molecule has 1 aliphatic carbocycles. The molecule has 2 N–H and O–H groups in total. The second-order valence-electron chi connectivity index (χ2n) is 6.79. The fourth-order valence-electron chi connectivity index (χ4n) is 2.84. The maximum absolute atomic E-state index is 12.3. The van der Waals surface area contributed by atoms with Gasteiger partial charge >= 0.3 is 5.97 Å². The van der Waals surface area contributed by atoms with Gasteiger partial charge in [-0.1, -0.05) is 39.2 Å². The van der Waals surface area contributed by atoms with Gasteiger partial charge < -0.3 is 10.1 Å². The number of ether oxygens (including phenoxy) is 1. The summed E-state index contributed by atoms with van der Waals surface area (Å²) in [5.41, 5.74) is 0. The molecule has 0 aromatic carbocycles. The van der Waals surface area contributed by atoms with Crippen LogP contribution in [-0.2, 0) is 24.3 Å². The molecule has 1 aromatic rings. The SMILES string of the molecule is CC(C)[C@H](NS(=O)(=O)c1cccs1)C(=O)OCC(=O)NC1CCCCC1. The minimum Gasteiger partial charge on any atom is -0.454 e. The summed E-state index contributed by atoms with van der Waals surface area (Å²) in [7, 11) is -3.80. The Balaban J connectivity index is 1.88. The van der Waals surface area contributed by atoms with Crippen LogP contribution in [0.2, 0.25) is 0 Å². The fraction of sp³-hybridized carbons (Fsp3) is 0.647. The van der Waals surface area contributed by atoms with Gasteiger partial charge in [0.05, 0.1) is 0 Å². The Kier molecular flexibility index (Phi) is 7.60. The molecule has 1 aromatic heterocycles. The number of carbonyl (C=O) groups is 2. The number of amides is 1. The number of rotatable bonds is 8. The maximum Gasteiger partial charge on any atom is 0.324 e. The van der Waals surface area contributed by atoms with Gasteiger partial charge in [-0.15, -0.1) is 11.3 Å². The highest BCUT2D eigenvalue weighted by Crippen LogP contribution is 2.18. The minimum absolute atomic E-state index is 0.131. The third-order valence-corrected chi connectivity index (χ3v) is 7.12. The topological polar surface area (TPSA) is 102 Å². The van der Waals surface area contributed by atoms with Crippen LogP contribution in [0.5, 0.6) is 0 Å². The van der Waals surface area contributed by atoms with Crippen LogP contribution >= 0.6 is 11.3 Å². The van der Waals surface area contributed by atoms with Crippen LogP contribution in [-0.4, -0.2) is 39.0 Å². The van der Waals surface area contributed by atoms with Gasteiger partial charge in [-0.25, -0.2) is 8.42 Å². The first-order chi connectivity index (χ1) is 12.3. The molecule has 0 aliphatic heterocycles. The molecule has 1 aliphatic rings. The monoisotopic (exact) mass is 402 g/mol. The van der Waals surface area contributed by atoms with E-state index in [1.807, 2.05) is 0 Å². The summed E-state index contributed by atoms with van der Waals surface area (Å²) in [4.78, 5) is 24.3. The van der Waals surface area contributed by atoms with Crippen molar-refractivity contribution in [3.05, 3.63) is 17.5 Å². The number of nitrogens with one attached hydrogen (secondary N) is 2. The largest absolute Gasteiger partial charge is 0.454 e. The second kappa shape index (κ2) is 9.48. The molecule has 2 rings (SSSR count). The number of hydrogen-bond donors (Lipinski definition) is 2. The van der Waals surface area contributed by atoms with Crippen LogP contribution in [0.25, 0.3) is 0 Å². The average Bonchev–Trinajstić information content (AvgIpc) is 3.14. The van der Waals surface area contributed by atoms with Crippen LogP contribution < -0.4 is 10.0 Å². The molecule has 1 saturated carbocycles. The van der Waals surface area contributed by atoms with Crippen molar-refractivity contribution < 1.29 is 22.7 Å². The highest BCUT2D eigenvalue weighted by atomic mass is 32.2. The van der Waals surface area contributed by atoms with E-state index in [-0.39, 0.29) is 22.1 Å². The zero-order valence-corrected chi connectivity index (χ0v) is 16.7. The molecule has 0 saturated heterocycles. The summed E-state index contributed by atoms with van der Waals surface area (Å²) in [6, 6.07) is 2.17. The van der Waals surface area contributed by atoms with Crippen molar-refractivity contribution in [1.82, 2.24) is 10.0 Å². The molecular weight excluding hydrogens is 376 g/mol. The lowest BCUT2D eigenvalue weighted by Crippen LogP contribution is -2.46. The quantitative estimate of drug-likeness (QED) is 0.648. The van der Waals surface area contributed by atoms with E-state index in [4.69, 9.17) is 4.74 Å². The van der Waals surface area contributed by atoms with Crippen LogP contribution in [0.3, 0.4) is 0 Å². The zero-order valence-electron chi connectivity index (χ0n) is 15.1. The number of hydrogen-bond acceptors (Lipinski definition) is 6. The van der Waals surface area contributed by atoms with Crippen LogP contribution in [0.4, 0.5) is 0 Å². The summed E-state index contributed by atoms with van der Waals surface area (Å²) in [5, 5.41) is 4.51. The van der Waals surface area contributed by atoms with E-state index in [1.165, 1.54) is 12.5 Å². The van der Waals surface area contributed by atoms with Gasteiger partial charge in [0, 0.05) is 6.04 Å². The Morgan fingerprint density at radius 3 is 2.54 bits per heavy atom. The molecule has 0 radical (unpaired) electrons. The first-order valence-electron chi connectivity index (χ1n) is 8.81. The molecule has 1 atom stereocenters. The third-order valence-electron chi connectivity index (χ3n) is 4.28. The Labute approximate surface area is 158 Å². The molecule has 7 nitrogen and oxygen atoms in total. The Morgan fingerprint density at radius 1 is 1.27 bits per heavy atom. The van der Waals surface area contributed by atoms with Gasteiger partial charge in [0.2, 0.25) is 0 Å². The lowest BCUT2D eigenvalue weighted by Gasteiger charge is -2.23. The Morgan fingerprint density at radius 2 is 1.96 bits per heavy atom. The van der Waals surface area contributed by atoms with Gasteiger partial charge in [-0.05, 0) is 30.2 Å². The van der Waals surface area contributed by atoms with Gasteiger partial charge in [-0.3, -0.25) is 9.59 Å². The van der Waals surface area contributed by atoms with Crippen molar-refractivity contribution in [2.24, 2.45) is 5.92 Å². The van der Waals surface area contributed by atoms with E-state index in [9.17, 15) is 18.0 Å². The minimum atomic E-state index is -3.80. The summed E-state index contributed by atoms with van der Waals surface area (Å²) < 4.78 is 32.2. The van der Waals surface area contributed by atoms with E-state index in [1.54, 1.807) is 25.3 Å². The van der Waals surface area contributed by atoms with E-state index in [2.05, 4.69) is 10.0 Å². The molecule has 1 fully saturated rings. The predicted molar refractivity (Wildman–Crippen MR) is 99.2 cm³/mol. The summed E-state index contributed by atoms with van der Waals surface area (Å²) in [5.74, 6) is -1.42. The molecule has 0 unspecified atom stereocenters. The molecule has 26 heavy (non-hydrogen) atoms. The van der Waals surface area contributed by atoms with Crippen molar-refractivity contribution >= 4 is 33.2 Å². The average molecular weight is 403 g/mol. The number of carbonyl (C=O) groups excluding carboxylic acids is 2. The van der Waals surface area contributed by atoms with Gasteiger partial charge in [0.15, 0.2) is 6.61 Å². The van der Waals surface area contributed by atoms with Crippen molar-refractivity contribution in [1.29, 1.82) is 0 Å². The van der Waals surface area contributed by atoms with E-state index >= 15 is 0 Å². The summed E-state index contributed by atoms with van der Waals surface area (Å²) in [6.07, 6.45) is 5.24. The molecule has 146 valence electrons. The third kappa shape index (κ3) is 6.07. The van der Waals surface area contributed by atoms with Gasteiger partial charge in [-0.2, -0.15) is 4.72 Å². The Hall–Kier alpha value is -1.45. The van der Waals surface area contributed by atoms with Crippen molar-refractivity contribution in [3.63, 3.8) is 0 Å². The molecule has 0 spiro atoms. The molecule has 0 bridgehead atoms. The van der Waals surface area contributed by atoms with Gasteiger partial charge in [0.25, 0.3) is 15.9 Å². The smallest absolute Gasteiger partial charge is 0.324 e. The lowest BCUT2D eigenvalue weighted by molar-refractivity contribution is -0.151. The van der Waals surface area contributed by atoms with Crippen molar-refractivity contribution in [2.45, 2.75) is 62.2 Å². The fourth-order valence-corrected chi connectivity index (χ4v) is 5.18. The lowest BCUT2D eigenvalue weighted by atomic mass is 9.95. The normalized spacial score (nSPS) is 17.0. The highest BCUT2D eigenvalue weighted by molar-refractivity contribution is 7.91. The zero-order chi connectivity index (χ0) is 19.2. The van der Waals surface area contributed by atoms with Crippen LogP contribution in [0.15, 0.2) is 21.7 Å². The van der Waals surface area contributed by atoms with E-state index < -0.39 is 28.6 Å². The first kappa shape index (κ1) is 20.9. The summed E-state index contributed by atoms with van der Waals surface area (Å²) in [6.45, 7) is 3.02. The summed E-state index contributed by atoms with van der Waals surface area (Å²) >= 11 is 1.07. The highest BCUT2D eigenvalue weighted by Gasteiger charge is 2.30. The maximum atomic E-state index is 12.3. The van der Waals surface area contributed by atoms with E-state index in [0.717, 1.165) is 37.0 Å². The molecule has 9 heteroatoms. The molecular formula is C17H26N2O5S2. The molecule has 1 amide bonds. The van der Waals surface area contributed by atoms with Crippen molar-refractivity contribution in [2.75, 3.05) is 6.61 Å². The van der Waals surface area contributed by atoms with E-state index in [0.29, 0.717) is 0 Å². The number of esters is 1. The Bertz CT molecular complexity index is 695. The number of sulfonamides is 1. The van der Waals surface area contributed by atoms with Crippen LogP contribution in [0.1, 0.15) is 46.0 Å². The first-order valence-corrected chi connectivity index (χ1v) is 11.2. The van der Waals surface area contributed by atoms with Crippen molar-refractivity contribution in [3.8, 4) is 0 Å². The van der Waals surface area contributed by atoms with Gasteiger partial charge in [0.1, 0.15) is 10.3 Å². The second-order valence-corrected chi connectivity index (χ2v) is 9.67. The standard InChI is InChI=1S/C17H26N2O5S2/c1-12(2)16(19-26(22,23)15-9-6-10-25-15)17(21)24-11-14(20)18-13-7-4-3-5-8-13/h6,9-10,12-13,16,19H,3-5,7-8,11H2,1-2H3,(H,18,20)/t16-/m0/s1. The predicted octanol–water partition coefficient (Wildman–Crippen LogP) is 2.04. The van der Waals surface area contributed by atoms with Crippen LogP contribution in [0, 0.1) is 5.92 Å². The molecule has 1 heterocycles.